The maximum Gasteiger partial charge on any atom is 0.354 e. The predicted molar refractivity (Wildman–Crippen MR) is 179 cm³/mol. The number of halogens is 4. The van der Waals surface area contributed by atoms with Gasteiger partial charge < -0.3 is 20.9 Å². The van der Waals surface area contributed by atoms with Crippen LogP contribution in [0.2, 0.25) is 10.0 Å². The van der Waals surface area contributed by atoms with Gasteiger partial charge in [0.15, 0.2) is 11.6 Å². The molecule has 9 nitrogen and oxygen atoms in total. The molecule has 4 heterocycles. The van der Waals surface area contributed by atoms with Gasteiger partial charge in [0.1, 0.15) is 5.82 Å². The first-order valence-corrected chi connectivity index (χ1v) is 15.7. The van der Waals surface area contributed by atoms with Gasteiger partial charge in [0.05, 0.1) is 43.7 Å². The smallest absolute Gasteiger partial charge is 0.354 e. The van der Waals surface area contributed by atoms with Crippen LogP contribution in [0.15, 0.2) is 41.8 Å². The van der Waals surface area contributed by atoms with E-state index in [9.17, 15) is 9.59 Å². The van der Waals surface area contributed by atoms with E-state index in [2.05, 4.69) is 21.9 Å². The van der Waals surface area contributed by atoms with Gasteiger partial charge in [0, 0.05) is 49.0 Å². The average molecular weight is 669 g/mol. The third kappa shape index (κ3) is 4.96. The zero-order chi connectivity index (χ0) is 33.2. The van der Waals surface area contributed by atoms with Crippen molar-refractivity contribution in [3.05, 3.63) is 80.5 Å². The van der Waals surface area contributed by atoms with E-state index in [0.29, 0.717) is 42.8 Å². The number of hydrogen-bond acceptors (Lipinski definition) is 7. The van der Waals surface area contributed by atoms with E-state index >= 15 is 8.78 Å². The number of carbonyl (C=O) groups excluding carboxylic acids is 1. The second-order valence-corrected chi connectivity index (χ2v) is 12.9. The molecular formula is C33H33Cl2F2N7O2. The topological polar surface area (TPSA) is 109 Å². The van der Waals surface area contributed by atoms with Gasteiger partial charge in [-0.2, -0.15) is 4.98 Å². The molecule has 6 rings (SSSR count). The summed E-state index contributed by atoms with van der Waals surface area (Å²) in [6, 6.07) is 3.86. The summed E-state index contributed by atoms with van der Waals surface area (Å²) in [7, 11) is 0. The zero-order valence-electron chi connectivity index (χ0n) is 25.8. The van der Waals surface area contributed by atoms with Crippen molar-refractivity contribution in [3.63, 3.8) is 0 Å². The van der Waals surface area contributed by atoms with Crippen LogP contribution >= 0.6 is 23.2 Å². The monoisotopic (exact) mass is 667 g/mol. The van der Waals surface area contributed by atoms with E-state index in [1.54, 1.807) is 17.2 Å². The fourth-order valence-corrected chi connectivity index (χ4v) is 7.07. The molecule has 2 aromatic heterocycles. The van der Waals surface area contributed by atoms with Crippen LogP contribution in [0.4, 0.5) is 26.0 Å². The molecule has 1 saturated heterocycles. The number of nitrogen functional groups attached to an aromatic ring is 1. The molecule has 4 aromatic rings. The minimum atomic E-state index is -0.944. The molecule has 2 aromatic carbocycles. The Morgan fingerprint density at radius 2 is 1.93 bits per heavy atom. The number of rotatable bonds is 4. The summed E-state index contributed by atoms with van der Waals surface area (Å²) in [6.07, 6.45) is 3.44. The fraction of sp³-hybridized carbons (Fsp3) is 0.333. The van der Waals surface area contributed by atoms with Gasteiger partial charge in [0.25, 0.3) is 0 Å². The third-order valence-electron chi connectivity index (χ3n) is 8.85. The molecule has 2 unspecified atom stereocenters. The zero-order valence-corrected chi connectivity index (χ0v) is 27.3. The number of pyridine rings is 1. The molecule has 0 bridgehead atoms. The first kappa shape index (κ1) is 31.7. The van der Waals surface area contributed by atoms with Crippen molar-refractivity contribution in [2.45, 2.75) is 52.1 Å². The average Bonchev–Trinajstić information content (AvgIpc) is 3.00. The van der Waals surface area contributed by atoms with Crippen molar-refractivity contribution in [2.24, 2.45) is 0 Å². The Morgan fingerprint density at radius 3 is 2.63 bits per heavy atom. The van der Waals surface area contributed by atoms with Crippen LogP contribution < -0.4 is 21.6 Å². The molecule has 0 radical (unpaired) electrons. The molecule has 13 heteroatoms. The molecule has 1 fully saturated rings. The van der Waals surface area contributed by atoms with Crippen LogP contribution in [0.1, 0.15) is 44.4 Å². The van der Waals surface area contributed by atoms with E-state index in [1.165, 1.54) is 16.7 Å². The van der Waals surface area contributed by atoms with E-state index in [4.69, 9.17) is 28.9 Å². The highest BCUT2D eigenvalue weighted by atomic mass is 35.5. The number of nitrogens with zero attached hydrogens (tertiary/aromatic N) is 5. The lowest BCUT2D eigenvalue weighted by Crippen LogP contribution is -2.60. The Kier molecular flexibility index (Phi) is 8.18. The number of carbonyl (C=O) groups is 1. The van der Waals surface area contributed by atoms with Gasteiger partial charge >= 0.3 is 5.69 Å². The number of nitrogens with one attached hydrogen (secondary N) is 1. The molecule has 46 heavy (non-hydrogen) atoms. The van der Waals surface area contributed by atoms with Crippen molar-refractivity contribution < 1.29 is 13.6 Å². The van der Waals surface area contributed by atoms with E-state index in [-0.39, 0.29) is 67.8 Å². The SMILES string of the molecule is C=CC(=O)N1CC2CCNc3c(F)c(-c4c(N)c(Cl)cc(Cl)c4F)cc4c3c(nc(=O)n4-c3c(C)ccnc3C(C)C)N2CC1C. The van der Waals surface area contributed by atoms with Crippen molar-refractivity contribution in [1.82, 2.24) is 19.4 Å². The lowest BCUT2D eigenvalue weighted by molar-refractivity contribution is -0.128. The van der Waals surface area contributed by atoms with Gasteiger partial charge in [0.2, 0.25) is 5.91 Å². The second kappa shape index (κ2) is 11.9. The number of benzene rings is 2. The largest absolute Gasteiger partial charge is 0.397 e. The van der Waals surface area contributed by atoms with Gasteiger partial charge in [-0.3, -0.25) is 14.3 Å². The third-order valence-corrected chi connectivity index (χ3v) is 9.44. The Labute approximate surface area is 274 Å². The molecule has 0 spiro atoms. The van der Waals surface area contributed by atoms with Crippen LogP contribution in [0.5, 0.6) is 0 Å². The first-order valence-electron chi connectivity index (χ1n) is 15.0. The summed E-state index contributed by atoms with van der Waals surface area (Å²) in [6.45, 7) is 12.3. The number of amides is 1. The summed E-state index contributed by atoms with van der Waals surface area (Å²) >= 11 is 12.5. The molecule has 1 amide bonds. The Balaban J connectivity index is 1.75. The lowest BCUT2D eigenvalue weighted by Gasteiger charge is -2.46. The fourth-order valence-electron chi connectivity index (χ4n) is 6.61. The van der Waals surface area contributed by atoms with Crippen LogP contribution in [0.3, 0.4) is 0 Å². The molecule has 3 N–H and O–H groups in total. The van der Waals surface area contributed by atoms with Gasteiger partial charge in [-0.15, -0.1) is 0 Å². The van der Waals surface area contributed by atoms with Gasteiger partial charge in [-0.25, -0.2) is 13.6 Å². The number of nitrogens with two attached hydrogens (primary N) is 1. The Hall–Kier alpha value is -4.22. The van der Waals surface area contributed by atoms with Gasteiger partial charge in [-0.05, 0) is 56.0 Å². The lowest BCUT2D eigenvalue weighted by atomic mass is 9.96. The summed E-state index contributed by atoms with van der Waals surface area (Å²) in [5.41, 5.74) is 7.05. The molecule has 0 saturated carbocycles. The van der Waals surface area contributed by atoms with Gasteiger partial charge in [-0.1, -0.05) is 43.6 Å². The highest BCUT2D eigenvalue weighted by molar-refractivity contribution is 6.37. The normalized spacial score (nSPS) is 17.8. The van der Waals surface area contributed by atoms with E-state index in [1.807, 2.05) is 32.6 Å². The van der Waals surface area contributed by atoms with Crippen molar-refractivity contribution in [3.8, 4) is 16.8 Å². The highest BCUT2D eigenvalue weighted by Gasteiger charge is 2.38. The van der Waals surface area contributed by atoms with E-state index in [0.717, 1.165) is 11.6 Å². The highest BCUT2D eigenvalue weighted by Crippen LogP contribution is 2.46. The minimum absolute atomic E-state index is 0.0296. The molecular weight excluding hydrogens is 635 g/mol. The Bertz CT molecular complexity index is 1970. The van der Waals surface area contributed by atoms with Crippen molar-refractivity contribution >= 4 is 57.2 Å². The number of hydrogen-bond donors (Lipinski definition) is 2. The molecule has 2 aliphatic rings. The molecule has 240 valence electrons. The number of aryl methyl sites for hydroxylation is 1. The van der Waals surface area contributed by atoms with Crippen molar-refractivity contribution in [1.29, 1.82) is 0 Å². The Morgan fingerprint density at radius 1 is 1.20 bits per heavy atom. The first-order chi connectivity index (χ1) is 21.8. The maximum absolute atomic E-state index is 16.9. The summed E-state index contributed by atoms with van der Waals surface area (Å²) in [5.74, 6) is -1.77. The molecule has 2 atom stereocenters. The number of aromatic nitrogens is 3. The van der Waals surface area contributed by atoms with Crippen molar-refractivity contribution in [2.75, 3.05) is 35.6 Å². The standard InChI is InChI=1S/C33H33Cl2F2N7O2/c1-6-23(45)42-14-18-8-10-40-30-25-22(11-19(26(30)36)24-27(37)20(34)12-21(35)28(24)38)44(31-16(4)7-9-39-29(31)15(2)3)33(46)41-32(25)43(18)13-17(42)5/h6-7,9,11-12,15,17-18,40H,1,8,10,13-14,38H2,2-5H3. The van der Waals surface area contributed by atoms with Crippen LogP contribution in [0.25, 0.3) is 27.7 Å². The number of fused-ring (bicyclic) bond motifs is 2. The summed E-state index contributed by atoms with van der Waals surface area (Å²) < 4.78 is 34.0. The second-order valence-electron chi connectivity index (χ2n) is 12.1. The maximum atomic E-state index is 16.9. The van der Waals surface area contributed by atoms with Crippen LogP contribution in [0, 0.1) is 18.6 Å². The van der Waals surface area contributed by atoms with E-state index < -0.39 is 17.3 Å². The summed E-state index contributed by atoms with van der Waals surface area (Å²) in [5, 5.41) is 3.16. The molecule has 0 aliphatic carbocycles. The van der Waals surface area contributed by atoms with Crippen LogP contribution in [-0.2, 0) is 4.79 Å². The summed E-state index contributed by atoms with van der Waals surface area (Å²) in [4.78, 5) is 39.9. The number of piperazine rings is 1. The minimum Gasteiger partial charge on any atom is -0.397 e. The molecule has 2 aliphatic heterocycles. The van der Waals surface area contributed by atoms with Crippen LogP contribution in [-0.4, -0.2) is 57.1 Å². The quantitative estimate of drug-likeness (QED) is 0.146. The predicted octanol–water partition coefficient (Wildman–Crippen LogP) is 6.45. The number of anilines is 3.